The van der Waals surface area contributed by atoms with E-state index in [-0.39, 0.29) is 35.4 Å². The molecule has 0 radical (unpaired) electrons. The van der Waals surface area contributed by atoms with Gasteiger partial charge in [-0.15, -0.1) is 0 Å². The number of rotatable bonds is 1. The summed E-state index contributed by atoms with van der Waals surface area (Å²) in [6, 6.07) is 0. The molecule has 1 aliphatic heterocycles. The Hall–Kier alpha value is -0.260. The van der Waals surface area contributed by atoms with E-state index in [1.54, 1.807) is 0 Å². The van der Waals surface area contributed by atoms with E-state index in [1.807, 2.05) is 0 Å². The first-order valence-corrected chi connectivity index (χ1v) is 2.06. The van der Waals surface area contributed by atoms with E-state index in [1.165, 1.54) is 6.20 Å². The molecule has 0 unspecified atom stereocenters. The fraction of sp³-hybridized carbons (Fsp3) is 0.333. The van der Waals surface area contributed by atoms with Gasteiger partial charge in [-0.1, -0.05) is 6.20 Å². The third-order valence-corrected chi connectivity index (χ3v) is 0.762. The molecule has 1 aliphatic rings. The van der Waals surface area contributed by atoms with Crippen LogP contribution in [0.3, 0.4) is 0 Å². The summed E-state index contributed by atoms with van der Waals surface area (Å²) < 4.78 is 0. The Morgan fingerprint density at radius 3 is 2.78 bits per heavy atom. The van der Waals surface area contributed by atoms with Crippen molar-refractivity contribution in [1.82, 2.24) is 5.32 Å². The quantitative estimate of drug-likeness (QED) is 0.238. The zero-order valence-electron chi connectivity index (χ0n) is 5.00. The summed E-state index contributed by atoms with van der Waals surface area (Å²) in [6.07, 6.45) is 1.21. The summed E-state index contributed by atoms with van der Waals surface area (Å²) in [6.45, 7) is 0.330. The average molecular weight is 137 g/mol. The largest absolute Gasteiger partial charge is 1.00 e. The number of nitro groups is 1. The van der Waals surface area contributed by atoms with Crippen LogP contribution in [-0.4, -0.2) is 11.6 Å². The van der Waals surface area contributed by atoms with Crippen molar-refractivity contribution in [2.45, 2.75) is 0 Å². The maximum Gasteiger partial charge on any atom is 1.00 e. The molecule has 1 N–H and O–H groups in total. The molecule has 5 nitrogen and oxygen atoms in total. The molecule has 0 aliphatic carbocycles. The van der Waals surface area contributed by atoms with E-state index < -0.39 is 4.92 Å². The fourth-order valence-corrected chi connectivity index (χ4v) is 0.416. The van der Waals surface area contributed by atoms with Crippen molar-refractivity contribution in [3.63, 3.8) is 0 Å². The SMILES string of the molecule is O=[N+]([O-])C1=C[N-]CN1.[Na+]. The van der Waals surface area contributed by atoms with E-state index in [9.17, 15) is 10.1 Å². The van der Waals surface area contributed by atoms with Gasteiger partial charge in [-0.2, -0.15) is 0 Å². The summed E-state index contributed by atoms with van der Waals surface area (Å²) >= 11 is 0. The van der Waals surface area contributed by atoms with E-state index in [2.05, 4.69) is 10.6 Å². The van der Waals surface area contributed by atoms with Gasteiger partial charge in [0.05, 0.1) is 0 Å². The van der Waals surface area contributed by atoms with Crippen LogP contribution in [0.1, 0.15) is 0 Å². The molecule has 0 amide bonds. The number of hydrogen-bond donors (Lipinski definition) is 1. The number of nitrogens with one attached hydrogen (secondary N) is 1. The Balaban J connectivity index is 0.000000640. The van der Waals surface area contributed by atoms with Crippen LogP contribution in [0.4, 0.5) is 0 Å². The van der Waals surface area contributed by atoms with E-state index in [0.29, 0.717) is 6.67 Å². The topological polar surface area (TPSA) is 69.3 Å². The molecule has 0 aromatic heterocycles. The second kappa shape index (κ2) is 3.71. The molecule has 44 valence electrons. The van der Waals surface area contributed by atoms with Gasteiger partial charge in [-0.3, -0.25) is 5.32 Å². The molecule has 0 spiro atoms. The molecule has 0 fully saturated rings. The van der Waals surface area contributed by atoms with Crippen LogP contribution < -0.4 is 34.9 Å². The zero-order valence-corrected chi connectivity index (χ0v) is 7.00. The summed E-state index contributed by atoms with van der Waals surface area (Å²) in [7, 11) is 0. The molecule has 0 aromatic carbocycles. The molecular formula is C3H4N3NaO2. The first-order chi connectivity index (χ1) is 3.80. The summed E-state index contributed by atoms with van der Waals surface area (Å²) in [5.41, 5.74) is 0. The van der Waals surface area contributed by atoms with E-state index in [0.717, 1.165) is 0 Å². The van der Waals surface area contributed by atoms with Crippen molar-refractivity contribution in [2.75, 3.05) is 6.67 Å². The second-order valence-electron chi connectivity index (χ2n) is 1.29. The maximum atomic E-state index is 9.82. The number of hydrogen-bond acceptors (Lipinski definition) is 3. The standard InChI is InChI=1S/C3H4N3O2.Na/c7-6(8)3-1-4-2-5-3;/h1,5H,2H2;/q-1;+1. The molecular weight excluding hydrogens is 133 g/mol. The van der Waals surface area contributed by atoms with Crippen molar-refractivity contribution >= 4 is 0 Å². The molecule has 0 atom stereocenters. The molecule has 0 saturated heterocycles. The van der Waals surface area contributed by atoms with Crippen LogP contribution in [0, 0.1) is 10.1 Å². The third-order valence-electron chi connectivity index (χ3n) is 0.762. The molecule has 9 heavy (non-hydrogen) atoms. The minimum Gasteiger partial charge on any atom is -0.649 e. The number of nitrogens with zero attached hydrogens (tertiary/aromatic N) is 2. The Bertz CT molecular complexity index is 146. The van der Waals surface area contributed by atoms with Crippen molar-refractivity contribution in [3.05, 3.63) is 27.5 Å². The van der Waals surface area contributed by atoms with Crippen molar-refractivity contribution in [3.8, 4) is 0 Å². The monoisotopic (exact) mass is 137 g/mol. The molecule has 1 rings (SSSR count). The van der Waals surface area contributed by atoms with Gasteiger partial charge in [0.2, 0.25) is 0 Å². The van der Waals surface area contributed by atoms with Gasteiger partial charge in [0, 0.05) is 6.67 Å². The van der Waals surface area contributed by atoms with Gasteiger partial charge in [0.25, 0.3) is 5.82 Å². The van der Waals surface area contributed by atoms with Gasteiger partial charge in [-0.05, 0) is 4.92 Å². The first-order valence-electron chi connectivity index (χ1n) is 2.06. The van der Waals surface area contributed by atoms with Crippen LogP contribution in [0.5, 0.6) is 0 Å². The van der Waals surface area contributed by atoms with E-state index in [4.69, 9.17) is 0 Å². The second-order valence-corrected chi connectivity index (χ2v) is 1.29. The first kappa shape index (κ1) is 8.74. The van der Waals surface area contributed by atoms with E-state index >= 15 is 0 Å². The zero-order chi connectivity index (χ0) is 5.98. The predicted octanol–water partition coefficient (Wildman–Crippen LogP) is -3.00. The smallest absolute Gasteiger partial charge is 0.649 e. The van der Waals surface area contributed by atoms with Crippen LogP contribution >= 0.6 is 0 Å². The summed E-state index contributed by atoms with van der Waals surface area (Å²) in [5.74, 6) is -0.0231. The van der Waals surface area contributed by atoms with Crippen molar-refractivity contribution in [1.29, 1.82) is 0 Å². The Morgan fingerprint density at radius 2 is 2.56 bits per heavy atom. The fourth-order valence-electron chi connectivity index (χ4n) is 0.416. The van der Waals surface area contributed by atoms with Crippen LogP contribution in [0.25, 0.3) is 5.32 Å². The van der Waals surface area contributed by atoms with Crippen LogP contribution in [0.2, 0.25) is 0 Å². The minimum atomic E-state index is -0.503. The Labute approximate surface area is 73.9 Å². The Morgan fingerprint density at radius 1 is 1.89 bits per heavy atom. The Kier molecular flexibility index (Phi) is 3.60. The normalized spacial score (nSPS) is 14.4. The molecule has 1 heterocycles. The van der Waals surface area contributed by atoms with Gasteiger partial charge in [0.15, 0.2) is 0 Å². The third kappa shape index (κ3) is 2.21. The summed E-state index contributed by atoms with van der Waals surface area (Å²) in [4.78, 5) is 9.31. The van der Waals surface area contributed by atoms with Crippen LogP contribution in [0.15, 0.2) is 12.0 Å². The minimum absolute atomic E-state index is 0. The molecule has 0 saturated carbocycles. The van der Waals surface area contributed by atoms with Crippen LogP contribution in [-0.2, 0) is 0 Å². The van der Waals surface area contributed by atoms with Gasteiger partial charge < -0.3 is 15.4 Å². The van der Waals surface area contributed by atoms with Gasteiger partial charge in [0.1, 0.15) is 0 Å². The van der Waals surface area contributed by atoms with Gasteiger partial charge >= 0.3 is 29.6 Å². The molecule has 0 bridgehead atoms. The summed E-state index contributed by atoms with van der Waals surface area (Å²) in [5, 5.41) is 15.8. The van der Waals surface area contributed by atoms with Crippen molar-refractivity contribution in [2.24, 2.45) is 0 Å². The average Bonchev–Trinajstić information content (AvgIpc) is 2.12. The molecule has 0 aromatic rings. The predicted molar refractivity (Wildman–Crippen MR) is 26.4 cm³/mol. The molecule has 6 heteroatoms. The van der Waals surface area contributed by atoms with Crippen molar-refractivity contribution < 1.29 is 34.5 Å². The van der Waals surface area contributed by atoms with Gasteiger partial charge in [-0.25, -0.2) is 0 Å². The maximum absolute atomic E-state index is 9.82.